The predicted octanol–water partition coefficient (Wildman–Crippen LogP) is 3.19. The number of hydrogen-bond donors (Lipinski definition) is 3. The number of carboxylic acids is 1. The molecule has 0 aliphatic heterocycles. The van der Waals surface area contributed by atoms with Gasteiger partial charge in [-0.05, 0) is 35.7 Å². The van der Waals surface area contributed by atoms with Crippen LogP contribution in [0.4, 0.5) is 10.5 Å². The molecule has 154 valence electrons. The fraction of sp³-hybridized carbons (Fsp3) is 0.182. The van der Waals surface area contributed by atoms with Crippen molar-refractivity contribution in [1.29, 1.82) is 0 Å². The monoisotopic (exact) mass is 406 g/mol. The summed E-state index contributed by atoms with van der Waals surface area (Å²) in [5, 5.41) is 20.1. The number of hydrogen-bond acceptors (Lipinski definition) is 6. The molecule has 0 fully saturated rings. The molecule has 3 rings (SSSR count). The Hall–Kier alpha value is -3.78. The summed E-state index contributed by atoms with van der Waals surface area (Å²) >= 11 is 0. The van der Waals surface area contributed by atoms with Crippen LogP contribution in [0.25, 0.3) is 11.1 Å². The lowest BCUT2D eigenvalue weighted by molar-refractivity contribution is -0.136. The molecule has 0 aliphatic rings. The molecule has 0 saturated heterocycles. The Bertz CT molecular complexity index is 1020. The van der Waals surface area contributed by atoms with E-state index in [1.807, 2.05) is 30.3 Å². The Morgan fingerprint density at radius 1 is 1.10 bits per heavy atom. The third kappa shape index (κ3) is 5.39. The zero-order chi connectivity index (χ0) is 21.5. The molecular weight excluding hydrogens is 384 g/mol. The van der Waals surface area contributed by atoms with Crippen molar-refractivity contribution >= 4 is 17.7 Å². The maximum atomic E-state index is 11.4. The van der Waals surface area contributed by atoms with Gasteiger partial charge in [0.05, 0.1) is 31.0 Å². The van der Waals surface area contributed by atoms with E-state index in [1.165, 1.54) is 7.11 Å². The lowest BCUT2D eigenvalue weighted by atomic mass is 9.98. The lowest BCUT2D eigenvalue weighted by Gasteiger charge is -2.14. The number of benzene rings is 2. The Labute approximate surface area is 173 Å². The number of carbonyl (C=O) groups excluding carboxylic acids is 1. The van der Waals surface area contributed by atoms with Crippen molar-refractivity contribution in [3.8, 4) is 11.1 Å². The van der Waals surface area contributed by atoms with Crippen LogP contribution in [-0.2, 0) is 22.4 Å². The first-order valence-corrected chi connectivity index (χ1v) is 9.29. The zero-order valence-corrected chi connectivity index (χ0v) is 16.4. The van der Waals surface area contributed by atoms with E-state index < -0.39 is 18.1 Å². The van der Waals surface area contributed by atoms with E-state index in [2.05, 4.69) is 20.3 Å². The van der Waals surface area contributed by atoms with E-state index in [1.54, 1.807) is 30.3 Å². The molecule has 1 amide bonds. The minimum absolute atomic E-state index is 0.265. The first-order valence-electron chi connectivity index (χ1n) is 9.29. The number of anilines is 1. The van der Waals surface area contributed by atoms with Gasteiger partial charge >= 0.3 is 12.1 Å². The number of nitrogens with two attached hydrogens (primary N) is 1. The number of amides is 1. The number of carboxylic acid groups (broad SMARTS) is 1. The Kier molecular flexibility index (Phi) is 6.71. The lowest BCUT2D eigenvalue weighted by Crippen LogP contribution is -2.17. The second-order valence-electron chi connectivity index (χ2n) is 6.69. The maximum absolute atomic E-state index is 11.4. The first kappa shape index (κ1) is 20.9. The summed E-state index contributed by atoms with van der Waals surface area (Å²) in [6, 6.07) is 18.1. The van der Waals surface area contributed by atoms with Crippen LogP contribution in [0.3, 0.4) is 0 Å². The van der Waals surface area contributed by atoms with E-state index in [0.29, 0.717) is 29.1 Å². The normalized spacial score (nSPS) is 11.5. The van der Waals surface area contributed by atoms with Gasteiger partial charge in [-0.25, -0.2) is 4.79 Å². The quantitative estimate of drug-likeness (QED) is 0.550. The molecule has 2 aromatic carbocycles. The van der Waals surface area contributed by atoms with Crippen molar-refractivity contribution < 1.29 is 19.4 Å². The summed E-state index contributed by atoms with van der Waals surface area (Å²) in [6.45, 7) is 0. The van der Waals surface area contributed by atoms with Crippen molar-refractivity contribution in [2.24, 2.45) is 5.73 Å². The van der Waals surface area contributed by atoms with Crippen LogP contribution in [0, 0.1) is 0 Å². The van der Waals surface area contributed by atoms with Gasteiger partial charge in [-0.15, -0.1) is 0 Å². The number of carbonyl (C=O) groups is 2. The van der Waals surface area contributed by atoms with Crippen LogP contribution in [0.15, 0.2) is 60.7 Å². The summed E-state index contributed by atoms with van der Waals surface area (Å²) in [5.74, 6) is -1.00. The van der Waals surface area contributed by atoms with E-state index in [9.17, 15) is 14.7 Å². The summed E-state index contributed by atoms with van der Waals surface area (Å²) in [7, 11) is 1.28. The summed E-state index contributed by atoms with van der Waals surface area (Å²) in [4.78, 5) is 22.6. The highest BCUT2D eigenvalue weighted by atomic mass is 16.5. The second-order valence-corrected chi connectivity index (χ2v) is 6.69. The predicted molar refractivity (Wildman–Crippen MR) is 112 cm³/mol. The fourth-order valence-electron chi connectivity index (χ4n) is 3.01. The standard InChI is InChI=1S/C22H22N4O4/c1-30-22(29)24-16-9-7-15(8-10-16)17-12-20(26-25-19(17)13-21(27)28)18(23)11-14-5-3-2-4-6-14/h2-10,12,18H,11,13,23H2,1H3,(H,24,29)(H,27,28). The van der Waals surface area contributed by atoms with Gasteiger partial charge in [-0.1, -0.05) is 42.5 Å². The molecule has 1 unspecified atom stereocenters. The number of nitrogens with zero attached hydrogens (tertiary/aromatic N) is 2. The average Bonchev–Trinajstić information content (AvgIpc) is 2.75. The molecule has 3 aromatic rings. The first-order chi connectivity index (χ1) is 14.5. The van der Waals surface area contributed by atoms with Crippen LogP contribution >= 0.6 is 0 Å². The molecule has 4 N–H and O–H groups in total. The minimum atomic E-state index is -1.00. The highest BCUT2D eigenvalue weighted by Crippen LogP contribution is 2.27. The fourth-order valence-corrected chi connectivity index (χ4v) is 3.01. The number of methoxy groups -OCH3 is 1. The van der Waals surface area contributed by atoms with Gasteiger partial charge in [0.2, 0.25) is 0 Å². The van der Waals surface area contributed by atoms with E-state index in [0.717, 1.165) is 11.1 Å². The van der Waals surface area contributed by atoms with Crippen molar-refractivity contribution in [1.82, 2.24) is 10.2 Å². The zero-order valence-electron chi connectivity index (χ0n) is 16.4. The summed E-state index contributed by atoms with van der Waals surface area (Å²) in [5.41, 5.74) is 10.2. The molecule has 1 heterocycles. The second kappa shape index (κ2) is 9.62. The summed E-state index contributed by atoms with van der Waals surface area (Å²) < 4.78 is 4.58. The average molecular weight is 406 g/mol. The third-order valence-electron chi connectivity index (χ3n) is 4.51. The van der Waals surface area contributed by atoms with Gasteiger partial charge < -0.3 is 15.6 Å². The topological polar surface area (TPSA) is 127 Å². The van der Waals surface area contributed by atoms with Gasteiger partial charge in [0.1, 0.15) is 0 Å². The third-order valence-corrected chi connectivity index (χ3v) is 4.51. The number of aliphatic carboxylic acids is 1. The van der Waals surface area contributed by atoms with Crippen molar-refractivity contribution in [2.45, 2.75) is 18.9 Å². The van der Waals surface area contributed by atoms with E-state index in [-0.39, 0.29) is 6.42 Å². The van der Waals surface area contributed by atoms with E-state index in [4.69, 9.17) is 5.73 Å². The van der Waals surface area contributed by atoms with Crippen LogP contribution in [0.2, 0.25) is 0 Å². The number of rotatable bonds is 7. The molecule has 0 saturated carbocycles. The Balaban J connectivity index is 1.91. The molecule has 8 heteroatoms. The number of ether oxygens (including phenoxy) is 1. The van der Waals surface area contributed by atoms with Gasteiger partial charge in [-0.3, -0.25) is 10.1 Å². The van der Waals surface area contributed by atoms with Gasteiger partial charge in [0.15, 0.2) is 0 Å². The van der Waals surface area contributed by atoms with Crippen LogP contribution in [0.1, 0.15) is 23.0 Å². The van der Waals surface area contributed by atoms with Crippen molar-refractivity contribution in [2.75, 3.05) is 12.4 Å². The van der Waals surface area contributed by atoms with Crippen LogP contribution < -0.4 is 11.1 Å². The molecule has 30 heavy (non-hydrogen) atoms. The van der Waals surface area contributed by atoms with Gasteiger partial charge in [0, 0.05) is 11.3 Å². The molecule has 0 bridgehead atoms. The SMILES string of the molecule is COC(=O)Nc1ccc(-c2cc(C(N)Cc3ccccc3)nnc2CC(=O)O)cc1. The smallest absolute Gasteiger partial charge is 0.411 e. The molecule has 1 aromatic heterocycles. The van der Waals surface area contributed by atoms with E-state index >= 15 is 0 Å². The van der Waals surface area contributed by atoms with Crippen molar-refractivity contribution in [3.05, 3.63) is 77.6 Å². The number of nitrogens with one attached hydrogen (secondary N) is 1. The molecule has 0 radical (unpaired) electrons. The van der Waals surface area contributed by atoms with Crippen LogP contribution in [-0.4, -0.2) is 34.5 Å². The molecule has 0 aliphatic carbocycles. The van der Waals surface area contributed by atoms with Gasteiger partial charge in [0.25, 0.3) is 0 Å². The Morgan fingerprint density at radius 2 is 1.80 bits per heavy atom. The highest BCUT2D eigenvalue weighted by molar-refractivity contribution is 5.85. The molecule has 0 spiro atoms. The highest BCUT2D eigenvalue weighted by Gasteiger charge is 2.16. The van der Waals surface area contributed by atoms with Gasteiger partial charge in [-0.2, -0.15) is 10.2 Å². The number of aromatic nitrogens is 2. The minimum Gasteiger partial charge on any atom is -0.481 e. The Morgan fingerprint density at radius 3 is 2.43 bits per heavy atom. The largest absolute Gasteiger partial charge is 0.481 e. The van der Waals surface area contributed by atoms with Crippen LogP contribution in [0.5, 0.6) is 0 Å². The molecular formula is C22H22N4O4. The molecule has 1 atom stereocenters. The summed E-state index contributed by atoms with van der Waals surface area (Å²) in [6.07, 6.45) is -0.262. The maximum Gasteiger partial charge on any atom is 0.411 e. The molecule has 8 nitrogen and oxygen atoms in total. The van der Waals surface area contributed by atoms with Crippen molar-refractivity contribution in [3.63, 3.8) is 0 Å².